The van der Waals surface area contributed by atoms with Gasteiger partial charge in [0.2, 0.25) is 0 Å². The summed E-state index contributed by atoms with van der Waals surface area (Å²) in [6.45, 7) is 2.29. The third-order valence-corrected chi connectivity index (χ3v) is 11.1. The first-order chi connectivity index (χ1) is 26.7. The molecule has 0 aromatic heterocycles. The van der Waals surface area contributed by atoms with Crippen molar-refractivity contribution >= 4 is 61.5 Å². The van der Waals surface area contributed by atoms with Crippen molar-refractivity contribution in [1.29, 1.82) is 0 Å². The number of nitrogens with zero attached hydrogens (tertiary/aromatic N) is 1. The van der Waals surface area contributed by atoms with E-state index >= 15 is 0 Å². The standard InChI is InChI=1S/C53H39N/c1-36-17-18-43-34-42(20-19-41(43)33-36)37-21-27-45(28-22-37)54(46-29-23-39(24-30-46)49-16-8-11-38-9-2-4-12-48(38)49)47-31-25-40(26-32-47)53-35-44-10-3-5-13-50(44)51-14-6-7-15-52(51)53/h2-16,18-36H,17H2,1H3. The maximum atomic E-state index is 2.39. The molecule has 1 heteroatoms. The van der Waals surface area contributed by atoms with Gasteiger partial charge in [-0.1, -0.05) is 159 Å². The fraction of sp³-hybridized carbons (Fsp3) is 0.0566. The van der Waals surface area contributed by atoms with Crippen LogP contribution in [0.5, 0.6) is 0 Å². The lowest BCUT2D eigenvalue weighted by Gasteiger charge is -2.26. The van der Waals surface area contributed by atoms with Gasteiger partial charge < -0.3 is 4.90 Å². The predicted octanol–water partition coefficient (Wildman–Crippen LogP) is 13.2. The number of rotatable bonds is 6. The largest absolute Gasteiger partial charge is 0.311 e. The number of hydrogen-bond acceptors (Lipinski definition) is 1. The molecule has 0 fully saturated rings. The van der Waals surface area contributed by atoms with Gasteiger partial charge in [0.15, 0.2) is 0 Å². The first-order valence-corrected chi connectivity index (χ1v) is 19.0. The topological polar surface area (TPSA) is 3.24 Å². The lowest BCUT2D eigenvalue weighted by molar-refractivity contribution is 0.800. The average molecular weight is 690 g/mol. The van der Waals surface area contributed by atoms with Gasteiger partial charge in [0.1, 0.15) is 0 Å². The van der Waals surface area contributed by atoms with E-state index in [1.54, 1.807) is 0 Å². The maximum absolute atomic E-state index is 2.39. The summed E-state index contributed by atoms with van der Waals surface area (Å²) >= 11 is 0. The monoisotopic (exact) mass is 689 g/mol. The minimum absolute atomic E-state index is 0.593. The molecule has 1 unspecified atom stereocenters. The molecule has 0 N–H and O–H groups in total. The van der Waals surface area contributed by atoms with Crippen LogP contribution in [-0.4, -0.2) is 0 Å². The molecule has 0 aliphatic heterocycles. The highest BCUT2D eigenvalue weighted by Gasteiger charge is 2.16. The molecule has 54 heavy (non-hydrogen) atoms. The highest BCUT2D eigenvalue weighted by molar-refractivity contribution is 6.13. The number of fused-ring (bicyclic) bond motifs is 5. The third-order valence-electron chi connectivity index (χ3n) is 11.1. The van der Waals surface area contributed by atoms with Crippen LogP contribution >= 0.6 is 0 Å². The summed E-state index contributed by atoms with van der Waals surface area (Å²) in [5.41, 5.74) is 10.7. The van der Waals surface area contributed by atoms with Gasteiger partial charge in [0.25, 0.3) is 0 Å². The summed E-state index contributed by atoms with van der Waals surface area (Å²) in [7, 11) is 0. The maximum Gasteiger partial charge on any atom is 0.0462 e. The third kappa shape index (κ3) is 5.75. The minimum atomic E-state index is 0.593. The Morgan fingerprint density at radius 1 is 0.389 bits per heavy atom. The first kappa shape index (κ1) is 32.0. The Morgan fingerprint density at radius 3 is 1.63 bits per heavy atom. The Morgan fingerprint density at radius 2 is 0.926 bits per heavy atom. The zero-order valence-electron chi connectivity index (χ0n) is 30.3. The van der Waals surface area contributed by atoms with Crippen molar-refractivity contribution in [2.75, 3.05) is 4.90 Å². The molecule has 0 heterocycles. The normalized spacial score (nSPS) is 13.7. The summed E-state index contributed by atoms with van der Waals surface area (Å²) in [6, 6.07) is 69.0. The first-order valence-electron chi connectivity index (χ1n) is 19.0. The molecule has 0 saturated heterocycles. The molecule has 1 aliphatic carbocycles. The minimum Gasteiger partial charge on any atom is -0.311 e. The Balaban J connectivity index is 1.06. The van der Waals surface area contributed by atoms with Gasteiger partial charge in [-0.2, -0.15) is 0 Å². The van der Waals surface area contributed by atoms with Crippen molar-refractivity contribution in [3.63, 3.8) is 0 Å². The predicted molar refractivity (Wildman–Crippen MR) is 232 cm³/mol. The molecular weight excluding hydrogens is 651 g/mol. The Kier molecular flexibility index (Phi) is 7.92. The van der Waals surface area contributed by atoms with E-state index in [1.807, 2.05) is 0 Å². The van der Waals surface area contributed by atoms with E-state index in [0.29, 0.717) is 5.92 Å². The van der Waals surface area contributed by atoms with Gasteiger partial charge in [-0.05, 0) is 137 Å². The zero-order chi connectivity index (χ0) is 36.0. The van der Waals surface area contributed by atoms with Crippen molar-refractivity contribution in [2.24, 2.45) is 5.92 Å². The Bertz CT molecular complexity index is 2950. The van der Waals surface area contributed by atoms with Crippen LogP contribution in [0.4, 0.5) is 17.1 Å². The van der Waals surface area contributed by atoms with Crippen molar-refractivity contribution in [3.8, 4) is 33.4 Å². The van der Waals surface area contributed by atoms with Gasteiger partial charge in [-0.3, -0.25) is 0 Å². The quantitative estimate of drug-likeness (QED) is 0.157. The van der Waals surface area contributed by atoms with E-state index in [2.05, 4.69) is 212 Å². The SMILES string of the molecule is CC1C=c2ccc(-c3ccc(N(c4ccc(-c5cccc6ccccc56)cc4)c4ccc(-c5cc6ccccc6c6ccccc56)cc4)cc3)cc2=CC1. The fourth-order valence-corrected chi connectivity index (χ4v) is 8.37. The molecule has 0 spiro atoms. The van der Waals surface area contributed by atoms with Crippen LogP contribution in [-0.2, 0) is 0 Å². The van der Waals surface area contributed by atoms with Gasteiger partial charge >= 0.3 is 0 Å². The van der Waals surface area contributed by atoms with E-state index in [1.165, 1.54) is 76.1 Å². The van der Waals surface area contributed by atoms with Crippen LogP contribution < -0.4 is 15.3 Å². The second-order valence-electron chi connectivity index (χ2n) is 14.6. The second-order valence-corrected chi connectivity index (χ2v) is 14.6. The summed E-state index contributed by atoms with van der Waals surface area (Å²) in [4.78, 5) is 2.37. The molecule has 0 bridgehead atoms. The number of benzene rings is 9. The highest BCUT2D eigenvalue weighted by Crippen LogP contribution is 2.40. The van der Waals surface area contributed by atoms with Crippen molar-refractivity contribution < 1.29 is 0 Å². The van der Waals surface area contributed by atoms with Crippen LogP contribution in [0.2, 0.25) is 0 Å². The van der Waals surface area contributed by atoms with Crippen LogP contribution in [0.1, 0.15) is 13.3 Å². The molecule has 256 valence electrons. The van der Waals surface area contributed by atoms with E-state index in [0.717, 1.165) is 23.5 Å². The Labute approximate surface area is 316 Å². The molecule has 1 nitrogen and oxygen atoms in total. The summed E-state index contributed by atoms with van der Waals surface area (Å²) < 4.78 is 0. The second kappa shape index (κ2) is 13.4. The zero-order valence-corrected chi connectivity index (χ0v) is 30.3. The lowest BCUT2D eigenvalue weighted by atomic mass is 9.93. The Hall–Kier alpha value is -6.70. The lowest BCUT2D eigenvalue weighted by Crippen LogP contribution is -2.28. The van der Waals surface area contributed by atoms with Crippen LogP contribution in [0.3, 0.4) is 0 Å². The fourth-order valence-electron chi connectivity index (χ4n) is 8.37. The van der Waals surface area contributed by atoms with Crippen molar-refractivity contribution in [3.05, 3.63) is 198 Å². The molecule has 0 saturated carbocycles. The van der Waals surface area contributed by atoms with Crippen LogP contribution in [0, 0.1) is 5.92 Å². The number of anilines is 3. The van der Waals surface area contributed by atoms with Gasteiger partial charge in [-0.15, -0.1) is 0 Å². The van der Waals surface area contributed by atoms with E-state index in [9.17, 15) is 0 Å². The summed E-state index contributed by atoms with van der Waals surface area (Å²) in [5.74, 6) is 0.593. The molecule has 9 aromatic carbocycles. The molecule has 1 atom stereocenters. The van der Waals surface area contributed by atoms with Crippen LogP contribution in [0.25, 0.3) is 77.9 Å². The van der Waals surface area contributed by atoms with Gasteiger partial charge in [-0.25, -0.2) is 0 Å². The molecule has 0 amide bonds. The molecule has 0 radical (unpaired) electrons. The van der Waals surface area contributed by atoms with E-state index in [4.69, 9.17) is 0 Å². The van der Waals surface area contributed by atoms with E-state index in [-0.39, 0.29) is 0 Å². The van der Waals surface area contributed by atoms with E-state index < -0.39 is 0 Å². The van der Waals surface area contributed by atoms with Crippen molar-refractivity contribution in [1.82, 2.24) is 0 Å². The summed E-state index contributed by atoms with van der Waals surface area (Å²) in [5, 5.41) is 10.3. The molecular formula is C53H39N. The smallest absolute Gasteiger partial charge is 0.0462 e. The van der Waals surface area contributed by atoms with Crippen LogP contribution in [0.15, 0.2) is 188 Å². The summed E-state index contributed by atoms with van der Waals surface area (Å²) in [6.07, 6.45) is 5.87. The van der Waals surface area contributed by atoms with Crippen molar-refractivity contribution in [2.45, 2.75) is 13.3 Å². The van der Waals surface area contributed by atoms with Gasteiger partial charge in [0, 0.05) is 17.1 Å². The molecule has 1 aliphatic rings. The molecule has 10 rings (SSSR count). The number of hydrogen-bond donors (Lipinski definition) is 0. The van der Waals surface area contributed by atoms with Gasteiger partial charge in [0.05, 0.1) is 0 Å². The highest BCUT2D eigenvalue weighted by atomic mass is 15.1. The average Bonchev–Trinajstić information content (AvgIpc) is 3.24. The molecule has 9 aromatic rings.